The van der Waals surface area contributed by atoms with Gasteiger partial charge >= 0.3 is 0 Å². The van der Waals surface area contributed by atoms with Gasteiger partial charge in [-0.05, 0) is 36.4 Å². The molecule has 2 aromatic carbocycles. The highest BCUT2D eigenvalue weighted by molar-refractivity contribution is 7.86. The first-order chi connectivity index (χ1) is 15.0. The number of nitrogens with two attached hydrogens (primary N) is 1. The number of hydrogen-bond donors (Lipinski definition) is 6. The van der Waals surface area contributed by atoms with Crippen LogP contribution < -0.4 is 21.7 Å². The molecule has 32 heavy (non-hydrogen) atoms. The van der Waals surface area contributed by atoms with Crippen LogP contribution in [0.25, 0.3) is 0 Å². The van der Waals surface area contributed by atoms with Gasteiger partial charge in [0.2, 0.25) is 17.8 Å². The lowest BCUT2D eigenvalue weighted by Gasteiger charge is -2.12. The van der Waals surface area contributed by atoms with Gasteiger partial charge in [0.1, 0.15) is 0 Å². The van der Waals surface area contributed by atoms with Crippen molar-refractivity contribution in [1.82, 2.24) is 15.0 Å². The molecule has 7 N–H and O–H groups in total. The monoisotopic (exact) mass is 481 g/mol. The van der Waals surface area contributed by atoms with Gasteiger partial charge < -0.3 is 21.7 Å². The van der Waals surface area contributed by atoms with Crippen LogP contribution in [-0.2, 0) is 20.2 Å². The number of nitrogens with one attached hydrogen (secondary N) is 3. The van der Waals surface area contributed by atoms with Gasteiger partial charge in [-0.2, -0.15) is 31.8 Å². The summed E-state index contributed by atoms with van der Waals surface area (Å²) in [4.78, 5) is 11.9. The molecule has 15 heteroatoms. The van der Waals surface area contributed by atoms with Crippen molar-refractivity contribution >= 4 is 49.5 Å². The lowest BCUT2D eigenvalue weighted by Crippen LogP contribution is -2.16. The Hall–Kier alpha value is -3.37. The van der Waals surface area contributed by atoms with Crippen molar-refractivity contribution in [1.29, 1.82) is 0 Å². The number of aromatic nitrogens is 3. The molecule has 0 aliphatic heterocycles. The summed E-state index contributed by atoms with van der Waals surface area (Å²) < 4.78 is 63.9. The molecular weight excluding hydrogens is 462 g/mol. The Bertz CT molecular complexity index is 1240. The van der Waals surface area contributed by atoms with Crippen LogP contribution in [-0.4, -0.2) is 54.0 Å². The van der Waals surface area contributed by atoms with Crippen molar-refractivity contribution in [2.75, 3.05) is 29.0 Å². The second-order valence-corrected chi connectivity index (χ2v) is 9.12. The highest BCUT2D eigenvalue weighted by Crippen LogP contribution is 2.22. The maximum Gasteiger partial charge on any atom is 0.294 e. The van der Waals surface area contributed by atoms with Crippen LogP contribution in [0.15, 0.2) is 58.3 Å². The highest BCUT2D eigenvalue weighted by atomic mass is 32.2. The first-order valence-electron chi connectivity index (χ1n) is 8.94. The lowest BCUT2D eigenvalue weighted by atomic mass is 10.3. The molecule has 0 aliphatic rings. The molecule has 3 aromatic rings. The predicted molar refractivity (Wildman–Crippen MR) is 116 cm³/mol. The summed E-state index contributed by atoms with van der Waals surface area (Å²) >= 11 is 0. The molecule has 13 nitrogen and oxygen atoms in total. The maximum atomic E-state index is 11.4. The minimum absolute atomic E-state index is 0.0143. The second-order valence-electron chi connectivity index (χ2n) is 6.28. The van der Waals surface area contributed by atoms with Crippen LogP contribution in [0.3, 0.4) is 0 Å². The average Bonchev–Trinajstić information content (AvgIpc) is 2.71. The predicted octanol–water partition coefficient (Wildman–Crippen LogP) is 1.22. The molecule has 0 bridgehead atoms. The zero-order valence-electron chi connectivity index (χ0n) is 16.3. The van der Waals surface area contributed by atoms with E-state index in [-0.39, 0.29) is 39.0 Å². The zero-order chi connectivity index (χ0) is 23.4. The smallest absolute Gasteiger partial charge is 0.294 e. The minimum atomic E-state index is -4.40. The quantitative estimate of drug-likeness (QED) is 0.238. The molecule has 170 valence electrons. The third-order valence-electron chi connectivity index (χ3n) is 3.84. The molecule has 0 unspecified atom stereocenters. The molecule has 1 aromatic heterocycles. The van der Waals surface area contributed by atoms with E-state index in [1.807, 2.05) is 0 Å². The van der Waals surface area contributed by atoms with Crippen molar-refractivity contribution in [2.24, 2.45) is 5.73 Å². The zero-order valence-corrected chi connectivity index (χ0v) is 17.9. The fraction of sp³-hybridized carbons (Fsp3) is 0.118. The maximum absolute atomic E-state index is 11.4. The molecule has 0 radical (unpaired) electrons. The number of rotatable bonds is 9. The molecule has 0 atom stereocenters. The Kier molecular flexibility index (Phi) is 6.85. The average molecular weight is 482 g/mol. The molecular formula is C17H19N7O6S2. The normalized spacial score (nSPS) is 11.7. The Morgan fingerprint density at radius 2 is 1.19 bits per heavy atom. The summed E-state index contributed by atoms with van der Waals surface area (Å²) in [5, 5.41) is 8.50. The van der Waals surface area contributed by atoms with E-state index in [0.717, 1.165) is 0 Å². The van der Waals surface area contributed by atoms with Gasteiger partial charge in [-0.1, -0.05) is 12.1 Å². The second kappa shape index (κ2) is 9.41. The molecule has 0 saturated heterocycles. The van der Waals surface area contributed by atoms with E-state index in [1.54, 1.807) is 0 Å². The van der Waals surface area contributed by atoms with Crippen molar-refractivity contribution in [2.45, 2.75) is 9.79 Å². The van der Waals surface area contributed by atoms with Gasteiger partial charge in [0.25, 0.3) is 20.2 Å². The Labute approximate surface area is 183 Å². The van der Waals surface area contributed by atoms with Crippen LogP contribution in [0.1, 0.15) is 0 Å². The fourth-order valence-corrected chi connectivity index (χ4v) is 3.53. The summed E-state index contributed by atoms with van der Waals surface area (Å²) in [6.45, 7) is 0.642. The summed E-state index contributed by atoms with van der Waals surface area (Å²) in [5.74, 6) is 0.160. The van der Waals surface area contributed by atoms with E-state index in [1.165, 1.54) is 48.5 Å². The molecule has 0 aliphatic carbocycles. The van der Waals surface area contributed by atoms with Gasteiger partial charge in [0.05, 0.1) is 9.79 Å². The molecule has 3 rings (SSSR count). The summed E-state index contributed by atoms with van der Waals surface area (Å²) in [6.07, 6.45) is 0. The Morgan fingerprint density at radius 1 is 0.750 bits per heavy atom. The summed E-state index contributed by atoms with van der Waals surface area (Å²) in [5.41, 5.74) is 6.04. The molecule has 0 saturated carbocycles. The van der Waals surface area contributed by atoms with E-state index < -0.39 is 20.2 Å². The first kappa shape index (κ1) is 23.3. The summed E-state index contributed by atoms with van der Waals surface area (Å²) in [6, 6.07) is 10.7. The van der Waals surface area contributed by atoms with Crippen LogP contribution in [0.5, 0.6) is 0 Å². The van der Waals surface area contributed by atoms with Gasteiger partial charge in [-0.15, -0.1) is 0 Å². The fourth-order valence-electron chi connectivity index (χ4n) is 2.48. The van der Waals surface area contributed by atoms with Crippen molar-refractivity contribution in [3.8, 4) is 0 Å². The van der Waals surface area contributed by atoms with Crippen LogP contribution >= 0.6 is 0 Å². The topological polar surface area (TPSA) is 210 Å². The highest BCUT2D eigenvalue weighted by Gasteiger charge is 2.13. The van der Waals surface area contributed by atoms with E-state index in [0.29, 0.717) is 13.1 Å². The molecule has 0 amide bonds. The molecule has 0 fully saturated rings. The Balaban J connectivity index is 1.94. The van der Waals surface area contributed by atoms with Crippen molar-refractivity contribution in [3.63, 3.8) is 0 Å². The van der Waals surface area contributed by atoms with Crippen LogP contribution in [0.2, 0.25) is 0 Å². The number of nitrogens with zero attached hydrogens (tertiary/aromatic N) is 3. The molecule has 0 spiro atoms. The number of benzene rings is 2. The van der Waals surface area contributed by atoms with Gasteiger partial charge in [0.15, 0.2) is 0 Å². The SMILES string of the molecule is NCCNc1nc(Nc2cccc(S(=O)(=O)O)c2)nc(Nc2cccc(S(=O)(=O)O)c2)n1. The van der Waals surface area contributed by atoms with E-state index >= 15 is 0 Å². The van der Waals surface area contributed by atoms with E-state index in [9.17, 15) is 25.9 Å². The number of anilines is 5. The Morgan fingerprint density at radius 3 is 1.59 bits per heavy atom. The minimum Gasteiger partial charge on any atom is -0.353 e. The van der Waals surface area contributed by atoms with Crippen LogP contribution in [0.4, 0.5) is 29.2 Å². The standard InChI is InChI=1S/C17H19N7O6S2/c18-7-8-19-15-22-16(20-11-3-1-5-13(9-11)31(25,26)27)24-17(23-15)21-12-4-2-6-14(10-12)32(28,29)30/h1-6,9-10H,7-8,18H2,(H,25,26,27)(H,28,29,30)(H3,19,20,21,22,23,24). The third kappa shape index (κ3) is 6.32. The van der Waals surface area contributed by atoms with Gasteiger partial charge in [0, 0.05) is 24.5 Å². The molecule has 1 heterocycles. The van der Waals surface area contributed by atoms with Gasteiger partial charge in [-0.3, -0.25) is 9.11 Å². The third-order valence-corrected chi connectivity index (χ3v) is 5.54. The van der Waals surface area contributed by atoms with E-state index in [4.69, 9.17) is 5.73 Å². The van der Waals surface area contributed by atoms with Crippen molar-refractivity contribution in [3.05, 3.63) is 48.5 Å². The van der Waals surface area contributed by atoms with Gasteiger partial charge in [-0.25, -0.2) is 0 Å². The lowest BCUT2D eigenvalue weighted by molar-refractivity contribution is 0.481. The van der Waals surface area contributed by atoms with Crippen molar-refractivity contribution < 1.29 is 25.9 Å². The van der Waals surface area contributed by atoms with E-state index in [2.05, 4.69) is 30.9 Å². The first-order valence-corrected chi connectivity index (χ1v) is 11.8. The van der Waals surface area contributed by atoms with Crippen LogP contribution in [0, 0.1) is 0 Å². The largest absolute Gasteiger partial charge is 0.353 e. The number of hydrogen-bond acceptors (Lipinski definition) is 11. The summed E-state index contributed by atoms with van der Waals surface area (Å²) in [7, 11) is -8.81.